The first-order chi connectivity index (χ1) is 14.4. The molecule has 0 unspecified atom stereocenters. The molecule has 2 aromatic carbocycles. The lowest BCUT2D eigenvalue weighted by atomic mass is 10.0. The Morgan fingerprint density at radius 3 is 2.52 bits per heavy atom. The summed E-state index contributed by atoms with van der Waals surface area (Å²) in [6, 6.07) is 9.81. The SMILES string of the molecule is Cc1c(Cl)c(C(F)(F)F)nn1-c1cccc(C(=O)Cc2ccc3c(c2)OC(F)(F)O3)c1. The number of alkyl halides is 5. The molecule has 1 aromatic heterocycles. The lowest BCUT2D eigenvalue weighted by molar-refractivity contribution is -0.286. The molecule has 5 nitrogen and oxygen atoms in total. The number of fused-ring (bicyclic) bond motifs is 1. The van der Waals surface area contributed by atoms with Crippen molar-refractivity contribution in [2.75, 3.05) is 0 Å². The van der Waals surface area contributed by atoms with Gasteiger partial charge in [-0.05, 0) is 36.8 Å². The second kappa shape index (κ2) is 7.23. The van der Waals surface area contributed by atoms with E-state index in [0.29, 0.717) is 5.56 Å². The fourth-order valence-electron chi connectivity index (χ4n) is 3.12. The molecule has 1 aliphatic rings. The third-order valence-electron chi connectivity index (χ3n) is 4.55. The Hall–Kier alpha value is -3.14. The van der Waals surface area contributed by atoms with E-state index in [1.807, 2.05) is 0 Å². The van der Waals surface area contributed by atoms with Crippen molar-refractivity contribution in [3.63, 3.8) is 0 Å². The zero-order valence-electron chi connectivity index (χ0n) is 15.6. The van der Waals surface area contributed by atoms with Crippen molar-refractivity contribution in [2.24, 2.45) is 0 Å². The third kappa shape index (κ3) is 4.07. The number of hydrogen-bond acceptors (Lipinski definition) is 4. The average Bonchev–Trinajstić information content (AvgIpc) is 3.16. The fraction of sp³-hybridized carbons (Fsp3) is 0.200. The van der Waals surface area contributed by atoms with E-state index in [2.05, 4.69) is 14.6 Å². The van der Waals surface area contributed by atoms with Gasteiger partial charge in [0.15, 0.2) is 23.0 Å². The van der Waals surface area contributed by atoms with Gasteiger partial charge in [-0.1, -0.05) is 29.8 Å². The van der Waals surface area contributed by atoms with Crippen molar-refractivity contribution in [3.05, 3.63) is 70.0 Å². The molecule has 4 rings (SSSR count). The van der Waals surface area contributed by atoms with E-state index in [-0.39, 0.29) is 40.6 Å². The third-order valence-corrected chi connectivity index (χ3v) is 5.01. The van der Waals surface area contributed by atoms with Gasteiger partial charge in [0.2, 0.25) is 0 Å². The van der Waals surface area contributed by atoms with E-state index in [4.69, 9.17) is 11.6 Å². The van der Waals surface area contributed by atoms with Gasteiger partial charge in [0.1, 0.15) is 0 Å². The van der Waals surface area contributed by atoms with Gasteiger partial charge in [0.05, 0.1) is 16.4 Å². The van der Waals surface area contributed by atoms with Crippen LogP contribution in [0.4, 0.5) is 22.0 Å². The molecular formula is C20H12ClF5N2O3. The van der Waals surface area contributed by atoms with Crippen LogP contribution in [0.25, 0.3) is 5.69 Å². The topological polar surface area (TPSA) is 53.4 Å². The van der Waals surface area contributed by atoms with E-state index < -0.39 is 23.2 Å². The number of ether oxygens (including phenoxy) is 2. The second-order valence-electron chi connectivity index (χ2n) is 6.76. The molecule has 0 amide bonds. The lowest BCUT2D eigenvalue weighted by Gasteiger charge is -2.08. The maximum absolute atomic E-state index is 13.1. The van der Waals surface area contributed by atoms with Crippen LogP contribution in [0.3, 0.4) is 0 Å². The quantitative estimate of drug-likeness (QED) is 0.377. The minimum Gasteiger partial charge on any atom is -0.395 e. The van der Waals surface area contributed by atoms with Gasteiger partial charge in [-0.25, -0.2) is 4.68 Å². The molecule has 1 aliphatic heterocycles. The molecule has 0 bridgehead atoms. The van der Waals surface area contributed by atoms with E-state index in [0.717, 1.165) is 4.68 Å². The fourth-order valence-corrected chi connectivity index (χ4v) is 3.34. The summed E-state index contributed by atoms with van der Waals surface area (Å²) >= 11 is 5.78. The van der Waals surface area contributed by atoms with Crippen LogP contribution in [0.2, 0.25) is 5.02 Å². The van der Waals surface area contributed by atoms with E-state index in [1.54, 1.807) is 0 Å². The summed E-state index contributed by atoms with van der Waals surface area (Å²) in [6.07, 6.45) is -8.65. The predicted molar refractivity (Wildman–Crippen MR) is 99.0 cm³/mol. The number of carbonyl (C=O) groups excluding carboxylic acids is 1. The number of benzene rings is 2. The number of ketones is 1. The zero-order valence-corrected chi connectivity index (χ0v) is 16.4. The lowest BCUT2D eigenvalue weighted by Crippen LogP contribution is -2.25. The van der Waals surface area contributed by atoms with Gasteiger partial charge in [0.25, 0.3) is 0 Å². The van der Waals surface area contributed by atoms with Crippen molar-refractivity contribution in [1.29, 1.82) is 0 Å². The van der Waals surface area contributed by atoms with Crippen LogP contribution < -0.4 is 9.47 Å². The van der Waals surface area contributed by atoms with Crippen LogP contribution in [0.15, 0.2) is 42.5 Å². The van der Waals surface area contributed by atoms with Crippen LogP contribution in [-0.4, -0.2) is 21.9 Å². The summed E-state index contributed by atoms with van der Waals surface area (Å²) in [4.78, 5) is 12.7. The molecule has 0 spiro atoms. The Bertz CT molecular complexity index is 1190. The molecule has 0 radical (unpaired) electrons. The first-order valence-electron chi connectivity index (χ1n) is 8.79. The number of Topliss-reactive ketones (excluding diaryl/α,β-unsaturated/α-hetero) is 1. The number of rotatable bonds is 4. The molecule has 162 valence electrons. The summed E-state index contributed by atoms with van der Waals surface area (Å²) in [5.74, 6) is -0.723. The standard InChI is InChI=1S/C20H12ClF5N2O3/c1-10-17(21)18(19(22,23)24)27-28(10)13-4-2-3-12(9-13)14(29)7-11-5-6-15-16(8-11)31-20(25,26)30-15/h2-6,8-9H,7H2,1H3. The molecule has 0 fully saturated rings. The Morgan fingerprint density at radius 1 is 1.13 bits per heavy atom. The minimum absolute atomic E-state index is 0.0651. The van der Waals surface area contributed by atoms with Crippen LogP contribution in [0, 0.1) is 6.92 Å². The highest BCUT2D eigenvalue weighted by Crippen LogP contribution is 2.41. The van der Waals surface area contributed by atoms with Gasteiger partial charge in [0, 0.05) is 12.0 Å². The molecule has 0 atom stereocenters. The molecule has 11 heteroatoms. The Kier molecular flexibility index (Phi) is 4.92. The summed E-state index contributed by atoms with van der Waals surface area (Å²) in [5, 5.41) is 3.01. The van der Waals surface area contributed by atoms with Gasteiger partial charge in [-0.15, -0.1) is 8.78 Å². The van der Waals surface area contributed by atoms with Crippen molar-refractivity contribution >= 4 is 17.4 Å². The maximum atomic E-state index is 13.1. The van der Waals surface area contributed by atoms with Gasteiger partial charge >= 0.3 is 12.5 Å². The number of nitrogens with zero attached hydrogens (tertiary/aromatic N) is 2. The molecule has 3 aromatic rings. The normalized spacial score (nSPS) is 14.7. The first kappa shape index (κ1) is 21.1. The summed E-state index contributed by atoms with van der Waals surface area (Å²) in [5.41, 5.74) is -0.352. The van der Waals surface area contributed by atoms with Crippen LogP contribution in [-0.2, 0) is 12.6 Å². The van der Waals surface area contributed by atoms with E-state index >= 15 is 0 Å². The monoisotopic (exact) mass is 458 g/mol. The van der Waals surface area contributed by atoms with Crippen molar-refractivity contribution in [2.45, 2.75) is 25.8 Å². The molecule has 0 aliphatic carbocycles. The smallest absolute Gasteiger partial charge is 0.395 e. The Labute approximate surface area is 176 Å². The highest BCUT2D eigenvalue weighted by molar-refractivity contribution is 6.32. The van der Waals surface area contributed by atoms with Gasteiger partial charge < -0.3 is 9.47 Å². The minimum atomic E-state index is -4.73. The Balaban J connectivity index is 1.59. The molecule has 31 heavy (non-hydrogen) atoms. The molecular weight excluding hydrogens is 447 g/mol. The summed E-state index contributed by atoms with van der Waals surface area (Å²) < 4.78 is 75.2. The zero-order chi connectivity index (χ0) is 22.6. The number of hydrogen-bond donors (Lipinski definition) is 0. The Morgan fingerprint density at radius 2 is 1.84 bits per heavy atom. The summed E-state index contributed by atoms with van der Waals surface area (Å²) in [6.45, 7) is 1.38. The van der Waals surface area contributed by atoms with E-state index in [1.165, 1.54) is 49.4 Å². The highest BCUT2D eigenvalue weighted by atomic mass is 35.5. The number of halogens is 6. The van der Waals surface area contributed by atoms with E-state index in [9.17, 15) is 26.7 Å². The van der Waals surface area contributed by atoms with Crippen molar-refractivity contribution < 1.29 is 36.2 Å². The number of carbonyl (C=O) groups is 1. The second-order valence-corrected chi connectivity index (χ2v) is 7.13. The first-order valence-corrected chi connectivity index (χ1v) is 9.17. The van der Waals surface area contributed by atoms with Crippen molar-refractivity contribution in [1.82, 2.24) is 9.78 Å². The van der Waals surface area contributed by atoms with Crippen LogP contribution in [0.1, 0.15) is 27.3 Å². The summed E-state index contributed by atoms with van der Waals surface area (Å²) in [7, 11) is 0. The largest absolute Gasteiger partial charge is 0.586 e. The molecule has 0 saturated carbocycles. The molecule has 0 N–H and O–H groups in total. The maximum Gasteiger partial charge on any atom is 0.586 e. The molecule has 0 saturated heterocycles. The van der Waals surface area contributed by atoms with Crippen molar-refractivity contribution in [3.8, 4) is 17.2 Å². The van der Waals surface area contributed by atoms with Gasteiger partial charge in [-0.2, -0.15) is 18.3 Å². The average molecular weight is 459 g/mol. The van der Waals surface area contributed by atoms with Crippen LogP contribution in [0.5, 0.6) is 11.5 Å². The predicted octanol–water partition coefficient (Wildman–Crippen LogP) is 5.60. The van der Waals surface area contributed by atoms with Crippen LogP contribution >= 0.6 is 11.6 Å². The molecule has 2 heterocycles. The van der Waals surface area contributed by atoms with Gasteiger partial charge in [-0.3, -0.25) is 4.79 Å². The highest BCUT2D eigenvalue weighted by Gasteiger charge is 2.43. The number of aromatic nitrogens is 2.